The van der Waals surface area contributed by atoms with Gasteiger partial charge in [-0.2, -0.15) is 0 Å². The van der Waals surface area contributed by atoms with Crippen LogP contribution in [-0.4, -0.2) is 25.7 Å². The van der Waals surface area contributed by atoms with Crippen LogP contribution in [0.2, 0.25) is 0 Å². The van der Waals surface area contributed by atoms with Gasteiger partial charge in [-0.15, -0.1) is 102 Å². The summed E-state index contributed by atoms with van der Waals surface area (Å²) in [7, 11) is 0. The number of nitrogens with zero attached hydrogens (tertiary/aromatic N) is 4. The van der Waals surface area contributed by atoms with Gasteiger partial charge < -0.3 is 9.97 Å². The van der Waals surface area contributed by atoms with Gasteiger partial charge in [0.1, 0.15) is 0 Å². The molecule has 4 nitrogen and oxygen atoms in total. The molecule has 3 aromatic heterocycles. The van der Waals surface area contributed by atoms with E-state index in [2.05, 4.69) is 229 Å². The maximum absolute atomic E-state index is 5.42. The fraction of sp³-hybridized carbons (Fsp3) is 0.0137. The third-order valence-electron chi connectivity index (χ3n) is 14.9. The average molecular weight is 1170 g/mol. The number of rotatable bonds is 10. The van der Waals surface area contributed by atoms with Gasteiger partial charge in [-0.1, -0.05) is 157 Å². The summed E-state index contributed by atoms with van der Waals surface area (Å²) in [6.07, 6.45) is 12.7. The Morgan fingerprint density at radius 3 is 1.37 bits per heavy atom. The van der Waals surface area contributed by atoms with Crippen LogP contribution in [0.25, 0.3) is 123 Å². The zero-order chi connectivity index (χ0) is 51.1. The summed E-state index contributed by atoms with van der Waals surface area (Å²) in [6, 6.07) is 94.0. The van der Waals surface area contributed by atoms with Crippen LogP contribution in [0.4, 0.5) is 5.69 Å². The first-order valence-electron chi connectivity index (χ1n) is 26.0. The van der Waals surface area contributed by atoms with Crippen LogP contribution in [0.3, 0.4) is 0 Å². The number of hydrogen-bond acceptors (Lipinski definition) is 3. The van der Waals surface area contributed by atoms with Crippen LogP contribution in [0.15, 0.2) is 267 Å². The second-order valence-electron chi connectivity index (χ2n) is 19.4. The minimum Gasteiger partial charge on any atom is -0.304 e. The Hall–Kier alpha value is -9.51. The summed E-state index contributed by atoms with van der Waals surface area (Å²) in [5.74, 6) is 0. The molecule has 0 saturated carbocycles. The quantitative estimate of drug-likeness (QED) is 0.101. The van der Waals surface area contributed by atoms with Crippen molar-refractivity contribution in [1.82, 2.24) is 15.0 Å². The molecule has 1 unspecified atom stereocenters. The van der Waals surface area contributed by atoms with Gasteiger partial charge in [0, 0.05) is 30.2 Å². The van der Waals surface area contributed by atoms with E-state index in [1.165, 1.54) is 11.1 Å². The van der Waals surface area contributed by atoms with E-state index in [4.69, 9.17) is 15.0 Å². The van der Waals surface area contributed by atoms with Gasteiger partial charge in [-0.3, -0.25) is 4.98 Å². The first kappa shape index (κ1) is 48.2. The standard InChI is InChI=1S/C73H46N4.Ir/c1-4-19-49(20-5-1)50-34-36-53(37-35-50)71-67(48-76-72-66-32-17-16-31-65(66)70-33-18-42-77(70)73(71)72)64-30-15-14-29-63(64)58-44-56(61-27-12-10-25-59(61)54-38-40-68(74-46-54)51-21-6-2-7-22-51)43-57(45-58)62-28-13-11-26-60(62)55-39-41-69(75-47-55)52-23-8-3-9-24-52;/h1-21,23,25-31,33-48,70H;/q-2;+3. The van der Waals surface area contributed by atoms with Gasteiger partial charge in [-0.25, -0.2) is 4.58 Å². The van der Waals surface area contributed by atoms with Crippen molar-refractivity contribution in [3.63, 3.8) is 0 Å². The summed E-state index contributed by atoms with van der Waals surface area (Å²) >= 11 is 0. The summed E-state index contributed by atoms with van der Waals surface area (Å²) in [5, 5.41) is 0. The molecular weight excluding hydrogens is 1130 g/mol. The third-order valence-corrected chi connectivity index (χ3v) is 14.9. The zero-order valence-corrected chi connectivity index (χ0v) is 44.6. The number of benzene rings is 9. The third kappa shape index (κ3) is 8.85. The minimum absolute atomic E-state index is 0. The van der Waals surface area contributed by atoms with Gasteiger partial charge in [0.15, 0.2) is 17.9 Å². The fourth-order valence-corrected chi connectivity index (χ4v) is 11.3. The molecule has 2 aliphatic heterocycles. The molecule has 0 amide bonds. The molecule has 14 rings (SSSR count). The molecule has 0 N–H and O–H groups in total. The Morgan fingerprint density at radius 1 is 0.359 bits per heavy atom. The second-order valence-corrected chi connectivity index (χ2v) is 19.4. The minimum atomic E-state index is 0. The van der Waals surface area contributed by atoms with Crippen molar-refractivity contribution >= 4 is 11.9 Å². The van der Waals surface area contributed by atoms with Crippen molar-refractivity contribution in [2.75, 3.05) is 0 Å². The van der Waals surface area contributed by atoms with E-state index < -0.39 is 0 Å². The van der Waals surface area contributed by atoms with Crippen LogP contribution < -0.4 is 0 Å². The van der Waals surface area contributed by atoms with E-state index in [-0.39, 0.29) is 26.1 Å². The zero-order valence-electron chi connectivity index (χ0n) is 42.2. The molecular formula is C73H46IrN4+. The van der Waals surface area contributed by atoms with Crippen molar-refractivity contribution < 1.29 is 24.7 Å². The predicted molar refractivity (Wildman–Crippen MR) is 314 cm³/mol. The number of aromatic nitrogens is 3. The van der Waals surface area contributed by atoms with Crippen LogP contribution in [0.1, 0.15) is 11.6 Å². The molecule has 5 heterocycles. The van der Waals surface area contributed by atoms with Gasteiger partial charge in [-0.05, 0) is 114 Å². The summed E-state index contributed by atoms with van der Waals surface area (Å²) in [5.41, 5.74) is 25.4. The molecule has 2 aliphatic rings. The number of fused-ring (bicyclic) bond motifs is 6. The van der Waals surface area contributed by atoms with E-state index in [1.807, 2.05) is 67.0 Å². The van der Waals surface area contributed by atoms with Crippen molar-refractivity contribution in [3.05, 3.63) is 291 Å². The predicted octanol–water partition coefficient (Wildman–Crippen LogP) is 17.9. The molecule has 78 heavy (non-hydrogen) atoms. The molecule has 0 bridgehead atoms. The Kier molecular flexibility index (Phi) is 12.9. The normalized spacial score (nSPS) is 12.9. The van der Waals surface area contributed by atoms with Crippen LogP contribution in [0.5, 0.6) is 0 Å². The average Bonchev–Trinajstić information content (AvgIpc) is 4.20. The Labute approximate surface area is 468 Å². The van der Waals surface area contributed by atoms with Crippen molar-refractivity contribution in [2.45, 2.75) is 6.04 Å². The summed E-state index contributed by atoms with van der Waals surface area (Å²) in [4.78, 5) is 15.4. The van der Waals surface area contributed by atoms with Gasteiger partial charge >= 0.3 is 20.1 Å². The molecule has 12 aromatic rings. The molecule has 1 atom stereocenters. The Balaban J connectivity index is 0.00000579. The van der Waals surface area contributed by atoms with Crippen LogP contribution >= 0.6 is 0 Å². The van der Waals surface area contributed by atoms with E-state index in [1.54, 1.807) is 0 Å². The van der Waals surface area contributed by atoms with E-state index in [0.29, 0.717) is 0 Å². The van der Waals surface area contributed by atoms with Gasteiger partial charge in [0.2, 0.25) is 0 Å². The number of pyridine rings is 3. The van der Waals surface area contributed by atoms with Crippen LogP contribution in [-0.2, 0) is 20.1 Å². The topological polar surface area (TPSA) is 41.7 Å². The SMILES string of the molecule is [Ir+3].[c-]1ccccc1-c1ccc(-c2ccccc2-c2cc(-c3ccccc3-c3ccc(-c4[c-]cccc4)nc3)cc(-c3ccccc3-c3cnc4c(c3-c3ccc(-c5ccccc5)cc3)[N+]3=CC=CC3c3ccc[c-]c3-4)c2)cn1. The molecule has 0 aliphatic carbocycles. The number of hydrogen-bond donors (Lipinski definition) is 0. The molecule has 0 saturated heterocycles. The molecule has 0 radical (unpaired) electrons. The fourth-order valence-electron chi connectivity index (χ4n) is 11.3. The van der Waals surface area contributed by atoms with Crippen molar-refractivity contribution in [2.24, 2.45) is 0 Å². The summed E-state index contributed by atoms with van der Waals surface area (Å²) in [6.45, 7) is 0. The van der Waals surface area contributed by atoms with Gasteiger partial charge in [0.25, 0.3) is 0 Å². The largest absolute Gasteiger partial charge is 3.00 e. The Bertz CT molecular complexity index is 4080. The monoisotopic (exact) mass is 1170 g/mol. The van der Waals surface area contributed by atoms with Crippen LogP contribution in [0, 0.1) is 18.2 Å². The molecule has 9 aromatic carbocycles. The molecule has 366 valence electrons. The maximum Gasteiger partial charge on any atom is 3.00 e. The van der Waals surface area contributed by atoms with E-state index in [9.17, 15) is 0 Å². The molecule has 0 spiro atoms. The molecule has 0 fully saturated rings. The molecule has 5 heteroatoms. The maximum atomic E-state index is 5.42. The number of allylic oxidation sites excluding steroid dienone is 1. The smallest absolute Gasteiger partial charge is 0.304 e. The van der Waals surface area contributed by atoms with Crippen molar-refractivity contribution in [1.29, 1.82) is 0 Å². The Morgan fingerprint density at radius 2 is 0.833 bits per heavy atom. The van der Waals surface area contributed by atoms with E-state index in [0.717, 1.165) is 123 Å². The first-order valence-corrected chi connectivity index (χ1v) is 26.0. The summed E-state index contributed by atoms with van der Waals surface area (Å²) < 4.78 is 2.40. The van der Waals surface area contributed by atoms with Gasteiger partial charge in [0.05, 0.1) is 11.3 Å². The second kappa shape index (κ2) is 20.9. The van der Waals surface area contributed by atoms with Crippen molar-refractivity contribution in [3.8, 4) is 123 Å². The van der Waals surface area contributed by atoms with E-state index >= 15 is 0 Å². The first-order chi connectivity index (χ1) is 38.2.